The number of amides is 2. The summed E-state index contributed by atoms with van der Waals surface area (Å²) in [5.74, 6) is 0.266. The van der Waals surface area contributed by atoms with E-state index in [1.165, 1.54) is 38.5 Å². The van der Waals surface area contributed by atoms with E-state index >= 15 is 0 Å². The van der Waals surface area contributed by atoms with Gasteiger partial charge in [-0.15, -0.1) is 0 Å². The Balaban J connectivity index is 1.90. The van der Waals surface area contributed by atoms with Gasteiger partial charge >= 0.3 is 0 Å². The van der Waals surface area contributed by atoms with Crippen molar-refractivity contribution in [3.63, 3.8) is 0 Å². The summed E-state index contributed by atoms with van der Waals surface area (Å²) >= 11 is 3.36. The first-order valence-corrected chi connectivity index (χ1v) is 9.19. The zero-order chi connectivity index (χ0) is 20.4. The molecule has 1 aliphatic heterocycles. The van der Waals surface area contributed by atoms with Crippen molar-refractivity contribution < 1.29 is 23.8 Å². The zero-order valence-corrected chi connectivity index (χ0v) is 17.4. The van der Waals surface area contributed by atoms with Gasteiger partial charge in [-0.1, -0.05) is 15.9 Å². The Labute approximate surface area is 170 Å². The van der Waals surface area contributed by atoms with Gasteiger partial charge in [-0.2, -0.15) is 0 Å². The Hall–Kier alpha value is -2.94. The van der Waals surface area contributed by atoms with Gasteiger partial charge in [-0.25, -0.2) is 5.01 Å². The summed E-state index contributed by atoms with van der Waals surface area (Å²) in [5, 5.41) is 4.44. The van der Waals surface area contributed by atoms with E-state index in [9.17, 15) is 9.59 Å². The monoisotopic (exact) mass is 449 g/mol. The molecule has 0 radical (unpaired) electrons. The number of fused-ring (bicyclic) bond motifs is 1. The molecule has 2 aromatic rings. The van der Waals surface area contributed by atoms with Crippen LogP contribution in [-0.4, -0.2) is 44.3 Å². The summed E-state index contributed by atoms with van der Waals surface area (Å²) in [5.41, 5.74) is 4.07. The smallest absolute Gasteiger partial charge is 0.276 e. The zero-order valence-electron chi connectivity index (χ0n) is 15.8. The molecule has 0 aromatic heterocycles. The maximum absolute atomic E-state index is 12.9. The fraction of sp³-hybridized carbons (Fsp3) is 0.263. The molecule has 0 spiro atoms. The Morgan fingerprint density at radius 2 is 1.75 bits per heavy atom. The lowest BCUT2D eigenvalue weighted by Gasteiger charge is -2.35. The molecule has 8 nitrogen and oxygen atoms in total. The van der Waals surface area contributed by atoms with Crippen molar-refractivity contribution >= 4 is 33.4 Å². The number of hydrogen-bond donors (Lipinski definition) is 2. The molecule has 0 saturated heterocycles. The van der Waals surface area contributed by atoms with Crippen molar-refractivity contribution in [2.75, 3.05) is 26.6 Å². The second kappa shape index (κ2) is 7.97. The second-order valence-electron chi connectivity index (χ2n) is 6.04. The third kappa shape index (κ3) is 3.57. The number of nitrogens with one attached hydrogen (secondary N) is 2. The van der Waals surface area contributed by atoms with E-state index < -0.39 is 12.1 Å². The van der Waals surface area contributed by atoms with E-state index in [4.69, 9.17) is 14.2 Å². The van der Waals surface area contributed by atoms with Gasteiger partial charge in [0.2, 0.25) is 5.75 Å². The average molecular weight is 450 g/mol. The fourth-order valence-electron chi connectivity index (χ4n) is 2.95. The van der Waals surface area contributed by atoms with Crippen LogP contribution in [0, 0.1) is 0 Å². The average Bonchev–Trinajstić information content (AvgIpc) is 2.70. The largest absolute Gasteiger partial charge is 0.493 e. The minimum atomic E-state index is -0.486. The fourth-order valence-corrected chi connectivity index (χ4v) is 3.31. The van der Waals surface area contributed by atoms with Gasteiger partial charge in [0.15, 0.2) is 11.5 Å². The molecular weight excluding hydrogens is 430 g/mol. The van der Waals surface area contributed by atoms with Gasteiger partial charge in [0.1, 0.15) is 6.17 Å². The maximum Gasteiger partial charge on any atom is 0.276 e. The standard InChI is InChI=1S/C19H20BrN3O5/c1-10-21-14-6-5-12(20)9-13(14)19(25)23(10)22-18(24)11-7-15(26-2)17(28-4)16(8-11)27-3/h5-10,21H,1-4H3,(H,22,24). The highest BCUT2D eigenvalue weighted by molar-refractivity contribution is 9.10. The SMILES string of the molecule is COc1cc(C(=O)NN2C(=O)c3cc(Br)ccc3NC2C)cc(OC)c1OC. The molecule has 0 saturated carbocycles. The molecule has 2 N–H and O–H groups in total. The number of carbonyl (C=O) groups is 2. The van der Waals surface area contributed by atoms with Crippen LogP contribution < -0.4 is 25.0 Å². The van der Waals surface area contributed by atoms with Gasteiger partial charge in [-0.3, -0.25) is 15.0 Å². The van der Waals surface area contributed by atoms with Gasteiger partial charge < -0.3 is 19.5 Å². The number of carbonyl (C=O) groups excluding carboxylic acids is 2. The quantitative estimate of drug-likeness (QED) is 0.728. The van der Waals surface area contributed by atoms with Crippen LogP contribution in [0.1, 0.15) is 27.6 Å². The predicted octanol–water partition coefficient (Wildman–Crippen LogP) is 3.03. The van der Waals surface area contributed by atoms with E-state index in [2.05, 4.69) is 26.7 Å². The molecule has 9 heteroatoms. The van der Waals surface area contributed by atoms with E-state index in [0.717, 1.165) is 4.47 Å². The Kier molecular flexibility index (Phi) is 5.64. The lowest BCUT2D eigenvalue weighted by Crippen LogP contribution is -2.56. The summed E-state index contributed by atoms with van der Waals surface area (Å²) < 4.78 is 16.6. The highest BCUT2D eigenvalue weighted by Gasteiger charge is 2.31. The number of anilines is 1. The highest BCUT2D eigenvalue weighted by Crippen LogP contribution is 2.38. The van der Waals surface area contributed by atoms with Crippen molar-refractivity contribution in [1.82, 2.24) is 10.4 Å². The first-order valence-electron chi connectivity index (χ1n) is 8.40. The summed E-state index contributed by atoms with van der Waals surface area (Å²) in [6.07, 6.45) is -0.438. The number of ether oxygens (including phenoxy) is 3. The van der Waals surface area contributed by atoms with Crippen LogP contribution in [0.15, 0.2) is 34.8 Å². The lowest BCUT2D eigenvalue weighted by molar-refractivity contribution is 0.0510. The van der Waals surface area contributed by atoms with Gasteiger partial charge in [0.05, 0.1) is 26.9 Å². The lowest BCUT2D eigenvalue weighted by atomic mass is 10.1. The number of hydrazine groups is 1. The highest BCUT2D eigenvalue weighted by atomic mass is 79.9. The molecule has 0 bridgehead atoms. The number of methoxy groups -OCH3 is 3. The van der Waals surface area contributed by atoms with Crippen LogP contribution in [0.5, 0.6) is 17.2 Å². The normalized spacial score (nSPS) is 15.4. The molecule has 28 heavy (non-hydrogen) atoms. The predicted molar refractivity (Wildman–Crippen MR) is 107 cm³/mol. The number of halogens is 1. The van der Waals surface area contributed by atoms with Crippen molar-refractivity contribution in [2.45, 2.75) is 13.1 Å². The number of nitrogens with zero attached hydrogens (tertiary/aromatic N) is 1. The molecule has 2 amide bonds. The van der Waals surface area contributed by atoms with E-state index in [0.29, 0.717) is 28.5 Å². The molecule has 0 aliphatic carbocycles. The van der Waals surface area contributed by atoms with Crippen LogP contribution in [0.3, 0.4) is 0 Å². The van der Waals surface area contributed by atoms with Crippen LogP contribution in [-0.2, 0) is 0 Å². The first kappa shape index (κ1) is 19.8. The number of rotatable bonds is 5. The molecule has 1 aliphatic rings. The van der Waals surface area contributed by atoms with Crippen LogP contribution in [0.25, 0.3) is 0 Å². The second-order valence-corrected chi connectivity index (χ2v) is 6.96. The molecular formula is C19H20BrN3O5. The topological polar surface area (TPSA) is 89.1 Å². The van der Waals surface area contributed by atoms with E-state index in [-0.39, 0.29) is 11.5 Å². The van der Waals surface area contributed by atoms with Crippen LogP contribution in [0.2, 0.25) is 0 Å². The molecule has 0 fully saturated rings. The molecule has 148 valence electrons. The van der Waals surface area contributed by atoms with Gasteiger partial charge in [-0.05, 0) is 37.3 Å². The van der Waals surface area contributed by atoms with Crippen LogP contribution in [0.4, 0.5) is 5.69 Å². The minimum Gasteiger partial charge on any atom is -0.493 e. The molecule has 1 unspecified atom stereocenters. The molecule has 1 atom stereocenters. The third-order valence-electron chi connectivity index (χ3n) is 4.33. The molecule has 3 rings (SSSR count). The molecule has 2 aromatic carbocycles. The van der Waals surface area contributed by atoms with Crippen molar-refractivity contribution in [3.05, 3.63) is 45.9 Å². The maximum atomic E-state index is 12.9. The van der Waals surface area contributed by atoms with E-state index in [1.807, 2.05) is 12.1 Å². The Morgan fingerprint density at radius 1 is 1.11 bits per heavy atom. The summed E-state index contributed by atoms with van der Waals surface area (Å²) in [6, 6.07) is 8.40. The summed E-state index contributed by atoms with van der Waals surface area (Å²) in [6.45, 7) is 1.78. The van der Waals surface area contributed by atoms with Crippen LogP contribution >= 0.6 is 15.9 Å². The van der Waals surface area contributed by atoms with Crippen molar-refractivity contribution in [1.29, 1.82) is 0 Å². The summed E-state index contributed by atoms with van der Waals surface area (Å²) in [7, 11) is 4.41. The van der Waals surface area contributed by atoms with Crippen molar-refractivity contribution in [3.8, 4) is 17.2 Å². The Bertz CT molecular complexity index is 909. The third-order valence-corrected chi connectivity index (χ3v) is 4.82. The van der Waals surface area contributed by atoms with Gasteiger partial charge in [0.25, 0.3) is 11.8 Å². The first-order chi connectivity index (χ1) is 13.4. The molecule has 1 heterocycles. The summed E-state index contributed by atoms with van der Waals surface area (Å²) in [4.78, 5) is 25.7. The Morgan fingerprint density at radius 3 is 2.32 bits per heavy atom. The van der Waals surface area contributed by atoms with E-state index in [1.54, 1.807) is 13.0 Å². The number of benzene rings is 2. The van der Waals surface area contributed by atoms with Crippen molar-refractivity contribution in [2.24, 2.45) is 0 Å². The number of hydrogen-bond acceptors (Lipinski definition) is 6. The van der Waals surface area contributed by atoms with Gasteiger partial charge in [0, 0.05) is 15.7 Å². The minimum absolute atomic E-state index is 0.259.